The van der Waals surface area contributed by atoms with Crippen molar-refractivity contribution in [1.29, 1.82) is 0 Å². The molecule has 1 fully saturated rings. The molecular formula is C10H19N3O2. The van der Waals surface area contributed by atoms with Crippen molar-refractivity contribution in [3.05, 3.63) is 0 Å². The third kappa shape index (κ3) is 3.20. The minimum absolute atomic E-state index is 0.0155. The Bertz CT molecular complexity index is 239. The summed E-state index contributed by atoms with van der Waals surface area (Å²) in [5.74, 6) is 0.0528. The third-order valence-electron chi connectivity index (χ3n) is 2.63. The lowest BCUT2D eigenvalue weighted by molar-refractivity contribution is -0.140. The normalized spacial score (nSPS) is 16.7. The van der Waals surface area contributed by atoms with Gasteiger partial charge in [0.05, 0.1) is 13.1 Å². The van der Waals surface area contributed by atoms with Crippen molar-refractivity contribution in [3.8, 4) is 0 Å². The molecule has 0 aromatic carbocycles. The van der Waals surface area contributed by atoms with Gasteiger partial charge in [-0.05, 0) is 13.8 Å². The highest BCUT2D eigenvalue weighted by Crippen LogP contribution is 1.97. The van der Waals surface area contributed by atoms with Gasteiger partial charge in [0.25, 0.3) is 0 Å². The fraction of sp³-hybridized carbons (Fsp3) is 0.800. The highest BCUT2D eigenvalue weighted by atomic mass is 16.2. The van der Waals surface area contributed by atoms with E-state index in [1.807, 2.05) is 13.8 Å². The number of carbonyl (C=O) groups excluding carboxylic acids is 2. The standard InChI is InChI=1S/C10H19N3O2/c1-3-12(4-2)10(15)8-13-6-5-11-7-9(13)14/h11H,3-8H2,1-2H3. The monoisotopic (exact) mass is 213 g/mol. The maximum Gasteiger partial charge on any atom is 0.242 e. The molecule has 2 amide bonds. The number of piperazine rings is 1. The molecule has 1 aliphatic rings. The van der Waals surface area contributed by atoms with Crippen molar-refractivity contribution >= 4 is 11.8 Å². The topological polar surface area (TPSA) is 52.7 Å². The second kappa shape index (κ2) is 5.70. The Hall–Kier alpha value is -1.10. The van der Waals surface area contributed by atoms with Gasteiger partial charge in [-0.2, -0.15) is 0 Å². The molecule has 5 nitrogen and oxygen atoms in total. The number of hydrogen-bond donors (Lipinski definition) is 1. The first-order chi connectivity index (χ1) is 7.19. The molecule has 15 heavy (non-hydrogen) atoms. The summed E-state index contributed by atoms with van der Waals surface area (Å²) in [4.78, 5) is 26.5. The van der Waals surface area contributed by atoms with Gasteiger partial charge in [-0.15, -0.1) is 0 Å². The van der Waals surface area contributed by atoms with Crippen LogP contribution in [0.1, 0.15) is 13.8 Å². The first-order valence-electron chi connectivity index (χ1n) is 5.45. The number of carbonyl (C=O) groups is 2. The fourth-order valence-electron chi connectivity index (χ4n) is 1.65. The van der Waals surface area contributed by atoms with E-state index in [2.05, 4.69) is 5.32 Å². The molecule has 1 rings (SSSR count). The first kappa shape index (κ1) is 12.0. The van der Waals surface area contributed by atoms with Crippen LogP contribution in [0.3, 0.4) is 0 Å². The molecular weight excluding hydrogens is 194 g/mol. The Kier molecular flexibility index (Phi) is 4.55. The van der Waals surface area contributed by atoms with E-state index >= 15 is 0 Å². The van der Waals surface area contributed by atoms with E-state index in [4.69, 9.17) is 0 Å². The molecule has 1 N–H and O–H groups in total. The molecule has 1 aliphatic heterocycles. The second-order valence-corrected chi connectivity index (χ2v) is 3.56. The molecule has 0 bridgehead atoms. The van der Waals surface area contributed by atoms with Crippen molar-refractivity contribution in [2.45, 2.75) is 13.8 Å². The Morgan fingerprint density at radius 3 is 2.67 bits per heavy atom. The molecule has 5 heteroatoms. The van der Waals surface area contributed by atoms with Crippen LogP contribution < -0.4 is 5.32 Å². The van der Waals surface area contributed by atoms with Crippen LogP contribution in [0, 0.1) is 0 Å². The number of nitrogens with one attached hydrogen (secondary N) is 1. The van der Waals surface area contributed by atoms with Crippen LogP contribution in [0.4, 0.5) is 0 Å². The van der Waals surface area contributed by atoms with Crippen molar-refractivity contribution in [2.24, 2.45) is 0 Å². The molecule has 86 valence electrons. The summed E-state index contributed by atoms with van der Waals surface area (Å²) in [7, 11) is 0. The molecule has 0 spiro atoms. The number of nitrogens with zero attached hydrogens (tertiary/aromatic N) is 2. The van der Waals surface area contributed by atoms with Gasteiger partial charge in [0.1, 0.15) is 0 Å². The van der Waals surface area contributed by atoms with Crippen LogP contribution in [0.25, 0.3) is 0 Å². The zero-order valence-corrected chi connectivity index (χ0v) is 9.45. The zero-order chi connectivity index (χ0) is 11.3. The van der Waals surface area contributed by atoms with E-state index in [1.54, 1.807) is 9.80 Å². The van der Waals surface area contributed by atoms with Crippen LogP contribution >= 0.6 is 0 Å². The average molecular weight is 213 g/mol. The molecule has 0 aromatic rings. The van der Waals surface area contributed by atoms with Gasteiger partial charge in [-0.1, -0.05) is 0 Å². The van der Waals surface area contributed by atoms with Crippen molar-refractivity contribution in [2.75, 3.05) is 39.3 Å². The first-order valence-corrected chi connectivity index (χ1v) is 5.45. The number of likely N-dealkylation sites (N-methyl/N-ethyl adjacent to an activating group) is 1. The number of hydrogen-bond acceptors (Lipinski definition) is 3. The summed E-state index contributed by atoms with van der Waals surface area (Å²) in [5.41, 5.74) is 0. The van der Waals surface area contributed by atoms with Crippen LogP contribution in [-0.2, 0) is 9.59 Å². The van der Waals surface area contributed by atoms with E-state index in [0.717, 1.165) is 6.54 Å². The lowest BCUT2D eigenvalue weighted by Crippen LogP contribution is -2.51. The Balaban J connectivity index is 2.45. The van der Waals surface area contributed by atoms with E-state index in [-0.39, 0.29) is 18.4 Å². The lowest BCUT2D eigenvalue weighted by atomic mass is 10.3. The fourth-order valence-corrected chi connectivity index (χ4v) is 1.65. The highest BCUT2D eigenvalue weighted by Gasteiger charge is 2.21. The smallest absolute Gasteiger partial charge is 0.242 e. The minimum atomic E-state index is 0.0155. The predicted octanol–water partition coefficient (Wildman–Crippen LogP) is -0.713. The van der Waals surface area contributed by atoms with Crippen LogP contribution in [0.15, 0.2) is 0 Å². The maximum atomic E-state index is 11.7. The summed E-state index contributed by atoms with van der Waals surface area (Å²) in [6, 6.07) is 0. The average Bonchev–Trinajstić information content (AvgIpc) is 2.23. The molecule has 0 atom stereocenters. The summed E-state index contributed by atoms with van der Waals surface area (Å²) in [6.07, 6.45) is 0. The van der Waals surface area contributed by atoms with Gasteiger partial charge in [0, 0.05) is 26.2 Å². The van der Waals surface area contributed by atoms with Gasteiger partial charge >= 0.3 is 0 Å². The van der Waals surface area contributed by atoms with Crippen LogP contribution in [0.2, 0.25) is 0 Å². The maximum absolute atomic E-state index is 11.7. The summed E-state index contributed by atoms with van der Waals surface area (Å²) >= 11 is 0. The third-order valence-corrected chi connectivity index (χ3v) is 2.63. The van der Waals surface area contributed by atoms with Crippen molar-refractivity contribution in [1.82, 2.24) is 15.1 Å². The largest absolute Gasteiger partial charge is 0.342 e. The summed E-state index contributed by atoms with van der Waals surface area (Å²) in [5, 5.41) is 2.98. The van der Waals surface area contributed by atoms with Crippen LogP contribution in [0.5, 0.6) is 0 Å². The molecule has 0 aromatic heterocycles. The SMILES string of the molecule is CCN(CC)C(=O)CN1CCNCC1=O. The van der Waals surface area contributed by atoms with Gasteiger partial charge < -0.3 is 15.1 Å². The summed E-state index contributed by atoms with van der Waals surface area (Å²) in [6.45, 7) is 7.28. The van der Waals surface area contributed by atoms with Gasteiger partial charge in [-0.25, -0.2) is 0 Å². The lowest BCUT2D eigenvalue weighted by Gasteiger charge is -2.29. The molecule has 1 heterocycles. The predicted molar refractivity (Wildman–Crippen MR) is 57.4 cm³/mol. The van der Waals surface area contributed by atoms with Crippen LogP contribution in [-0.4, -0.2) is 60.9 Å². The Morgan fingerprint density at radius 2 is 2.13 bits per heavy atom. The van der Waals surface area contributed by atoms with Gasteiger partial charge in [-0.3, -0.25) is 9.59 Å². The van der Waals surface area contributed by atoms with E-state index < -0.39 is 0 Å². The second-order valence-electron chi connectivity index (χ2n) is 3.56. The van der Waals surface area contributed by atoms with Crippen molar-refractivity contribution < 1.29 is 9.59 Å². The zero-order valence-electron chi connectivity index (χ0n) is 9.45. The van der Waals surface area contributed by atoms with E-state index in [1.165, 1.54) is 0 Å². The number of amides is 2. The quantitative estimate of drug-likeness (QED) is 0.671. The minimum Gasteiger partial charge on any atom is -0.342 e. The summed E-state index contributed by atoms with van der Waals surface area (Å²) < 4.78 is 0. The molecule has 0 radical (unpaired) electrons. The van der Waals surface area contributed by atoms with Gasteiger partial charge in [0.15, 0.2) is 0 Å². The molecule has 0 saturated carbocycles. The highest BCUT2D eigenvalue weighted by molar-refractivity contribution is 5.86. The van der Waals surface area contributed by atoms with E-state index in [9.17, 15) is 9.59 Å². The molecule has 0 aliphatic carbocycles. The Labute approximate surface area is 90.4 Å². The van der Waals surface area contributed by atoms with Gasteiger partial charge in [0.2, 0.25) is 11.8 Å². The molecule has 0 unspecified atom stereocenters. The Morgan fingerprint density at radius 1 is 1.47 bits per heavy atom. The van der Waals surface area contributed by atoms with Crippen molar-refractivity contribution in [3.63, 3.8) is 0 Å². The van der Waals surface area contributed by atoms with E-state index in [0.29, 0.717) is 26.2 Å². The molecule has 1 saturated heterocycles. The number of rotatable bonds is 4.